The zero-order chi connectivity index (χ0) is 15.8. The molecule has 0 fully saturated rings. The van der Waals surface area contributed by atoms with Crippen molar-refractivity contribution >= 4 is 17.3 Å². The Morgan fingerprint density at radius 2 is 2.29 bits per heavy atom. The summed E-state index contributed by atoms with van der Waals surface area (Å²) in [7, 11) is 1.55. The molecule has 0 aliphatic carbocycles. The van der Waals surface area contributed by atoms with Gasteiger partial charge in [0.25, 0.3) is 0 Å². The third-order valence-corrected chi connectivity index (χ3v) is 2.84. The predicted molar refractivity (Wildman–Crippen MR) is 78.6 cm³/mol. The highest BCUT2D eigenvalue weighted by Gasteiger charge is 2.26. The lowest BCUT2D eigenvalue weighted by molar-refractivity contribution is -0.383. The number of nitrogens with one attached hydrogen (secondary N) is 1. The van der Waals surface area contributed by atoms with Gasteiger partial charge < -0.3 is 20.1 Å². The molecule has 0 radical (unpaired) electrons. The Morgan fingerprint density at radius 3 is 2.81 bits per heavy atom. The number of nitro groups is 1. The number of aliphatic hydroxyl groups is 1. The summed E-state index contributed by atoms with van der Waals surface area (Å²) in [6.07, 6.45) is 1.27. The molecule has 21 heavy (non-hydrogen) atoms. The van der Waals surface area contributed by atoms with Gasteiger partial charge in [-0.3, -0.25) is 10.1 Å². The third kappa shape index (κ3) is 4.50. The summed E-state index contributed by atoms with van der Waals surface area (Å²) in [4.78, 5) is 20.4. The number of hydrogen-bond acceptors (Lipinski definition) is 8. The van der Waals surface area contributed by atoms with Crippen molar-refractivity contribution in [3.8, 4) is 0 Å². The minimum Gasteiger partial charge on any atom is -0.395 e. The quantitative estimate of drug-likeness (QED) is 0.504. The monoisotopic (exact) mass is 299 g/mol. The third-order valence-electron chi connectivity index (χ3n) is 2.84. The summed E-state index contributed by atoms with van der Waals surface area (Å²) >= 11 is 0. The maximum atomic E-state index is 11.4. The first kappa shape index (κ1) is 17.1. The molecule has 0 saturated carbocycles. The van der Waals surface area contributed by atoms with Gasteiger partial charge in [-0.15, -0.1) is 0 Å². The molecule has 9 nitrogen and oxygen atoms in total. The first-order chi connectivity index (χ1) is 10.0. The van der Waals surface area contributed by atoms with Crippen LogP contribution in [0.1, 0.15) is 13.8 Å². The Bertz CT molecular complexity index is 471. The van der Waals surface area contributed by atoms with Crippen molar-refractivity contribution in [2.75, 3.05) is 43.6 Å². The summed E-state index contributed by atoms with van der Waals surface area (Å²) in [5.74, 6) is 0.338. The molecule has 1 heterocycles. The van der Waals surface area contributed by atoms with E-state index < -0.39 is 4.92 Å². The fourth-order valence-electron chi connectivity index (χ4n) is 1.93. The topological polar surface area (TPSA) is 114 Å². The molecule has 0 saturated heterocycles. The Balaban J connectivity index is 3.17. The van der Waals surface area contributed by atoms with Crippen molar-refractivity contribution in [3.05, 3.63) is 16.4 Å². The smallest absolute Gasteiger partial charge is 0.353 e. The van der Waals surface area contributed by atoms with Crippen molar-refractivity contribution in [3.63, 3.8) is 0 Å². The van der Waals surface area contributed by atoms with E-state index in [4.69, 9.17) is 9.84 Å². The van der Waals surface area contributed by atoms with E-state index in [1.54, 1.807) is 12.0 Å². The number of anilines is 2. The van der Waals surface area contributed by atoms with Crippen LogP contribution in [0.2, 0.25) is 0 Å². The molecule has 1 atom stereocenters. The van der Waals surface area contributed by atoms with Crippen molar-refractivity contribution in [1.29, 1.82) is 0 Å². The number of aliphatic hydroxyl groups excluding tert-OH is 1. The lowest BCUT2D eigenvalue weighted by atomic mass is 10.3. The Morgan fingerprint density at radius 1 is 1.57 bits per heavy atom. The van der Waals surface area contributed by atoms with Crippen LogP contribution in [0.3, 0.4) is 0 Å². The maximum absolute atomic E-state index is 11.4. The zero-order valence-electron chi connectivity index (χ0n) is 12.4. The van der Waals surface area contributed by atoms with Crippen molar-refractivity contribution in [1.82, 2.24) is 9.97 Å². The molecule has 118 valence electrons. The number of likely N-dealkylation sites (N-methyl/N-ethyl adjacent to an activating group) is 1. The molecule has 0 aliphatic heterocycles. The van der Waals surface area contributed by atoms with E-state index in [0.29, 0.717) is 13.2 Å². The second-order valence-corrected chi connectivity index (χ2v) is 4.46. The molecule has 0 spiro atoms. The lowest BCUT2D eigenvalue weighted by Crippen LogP contribution is -2.29. The molecule has 1 aromatic heterocycles. The van der Waals surface area contributed by atoms with Crippen molar-refractivity contribution < 1.29 is 14.8 Å². The molecule has 0 aromatic carbocycles. The van der Waals surface area contributed by atoms with E-state index in [0.717, 1.165) is 0 Å². The normalized spacial score (nSPS) is 12.0. The van der Waals surface area contributed by atoms with Gasteiger partial charge in [0.1, 0.15) is 6.33 Å². The summed E-state index contributed by atoms with van der Waals surface area (Å²) in [5, 5.41) is 23.4. The van der Waals surface area contributed by atoms with Crippen molar-refractivity contribution in [2.45, 2.75) is 19.9 Å². The molecule has 0 aliphatic rings. The summed E-state index contributed by atoms with van der Waals surface area (Å²) in [6.45, 7) is 4.71. The standard InChI is InChI=1S/C12H21N5O4/c1-4-16(5-6-18)12-10(17(19)20)11(13-8-14-12)15-9(2)7-21-3/h8-9,18H,4-7H2,1-3H3,(H,13,14,15). The van der Waals surface area contributed by atoms with E-state index in [1.807, 2.05) is 13.8 Å². The van der Waals surface area contributed by atoms with Crippen LogP contribution in [-0.4, -0.2) is 59.5 Å². The number of hydrogen-bond donors (Lipinski definition) is 2. The highest BCUT2D eigenvalue weighted by molar-refractivity contribution is 5.70. The molecule has 1 aromatic rings. The van der Waals surface area contributed by atoms with E-state index >= 15 is 0 Å². The van der Waals surface area contributed by atoms with Crippen LogP contribution < -0.4 is 10.2 Å². The molecule has 1 rings (SSSR count). The molecular formula is C12H21N5O4. The minimum absolute atomic E-state index is 0.113. The van der Waals surface area contributed by atoms with Gasteiger partial charge in [-0.2, -0.15) is 0 Å². The van der Waals surface area contributed by atoms with Gasteiger partial charge in [0.2, 0.25) is 11.6 Å². The van der Waals surface area contributed by atoms with Crippen LogP contribution in [0.25, 0.3) is 0 Å². The number of methoxy groups -OCH3 is 1. The van der Waals surface area contributed by atoms with Crippen LogP contribution in [0, 0.1) is 10.1 Å². The van der Waals surface area contributed by atoms with Gasteiger partial charge in [0.15, 0.2) is 0 Å². The first-order valence-corrected chi connectivity index (χ1v) is 6.65. The van der Waals surface area contributed by atoms with Crippen LogP contribution in [0.4, 0.5) is 17.3 Å². The molecule has 0 amide bonds. The fraction of sp³-hybridized carbons (Fsp3) is 0.667. The summed E-state index contributed by atoms with van der Waals surface area (Å²) in [5.41, 5.74) is -0.198. The molecular weight excluding hydrogens is 278 g/mol. The first-order valence-electron chi connectivity index (χ1n) is 6.65. The maximum Gasteiger partial charge on any atom is 0.353 e. The average Bonchev–Trinajstić information content (AvgIpc) is 2.44. The molecule has 9 heteroatoms. The summed E-state index contributed by atoms with van der Waals surface area (Å²) in [6, 6.07) is -0.135. The van der Waals surface area contributed by atoms with E-state index in [-0.39, 0.29) is 36.5 Å². The van der Waals surface area contributed by atoms with Crippen LogP contribution >= 0.6 is 0 Å². The minimum atomic E-state index is -0.517. The van der Waals surface area contributed by atoms with Gasteiger partial charge in [0.05, 0.1) is 18.1 Å². The van der Waals surface area contributed by atoms with E-state index in [9.17, 15) is 10.1 Å². The number of aromatic nitrogens is 2. The number of nitrogens with zero attached hydrogens (tertiary/aromatic N) is 4. The number of ether oxygens (including phenoxy) is 1. The van der Waals surface area contributed by atoms with Crippen LogP contribution in [0.5, 0.6) is 0 Å². The van der Waals surface area contributed by atoms with Gasteiger partial charge in [-0.05, 0) is 13.8 Å². The highest BCUT2D eigenvalue weighted by atomic mass is 16.6. The van der Waals surface area contributed by atoms with E-state index in [1.165, 1.54) is 6.33 Å². The second-order valence-electron chi connectivity index (χ2n) is 4.46. The lowest BCUT2D eigenvalue weighted by Gasteiger charge is -2.21. The molecule has 1 unspecified atom stereocenters. The van der Waals surface area contributed by atoms with Crippen molar-refractivity contribution in [2.24, 2.45) is 0 Å². The largest absolute Gasteiger partial charge is 0.395 e. The Labute approximate surface area is 123 Å². The molecule has 2 N–H and O–H groups in total. The van der Waals surface area contributed by atoms with Gasteiger partial charge in [-0.1, -0.05) is 0 Å². The second kappa shape index (κ2) is 8.32. The summed E-state index contributed by atoms with van der Waals surface area (Å²) < 4.78 is 4.99. The molecule has 0 bridgehead atoms. The van der Waals surface area contributed by atoms with Crippen LogP contribution in [-0.2, 0) is 4.74 Å². The predicted octanol–water partition coefficient (Wildman–Crippen LogP) is 0.650. The van der Waals surface area contributed by atoms with Gasteiger partial charge in [0, 0.05) is 26.2 Å². The van der Waals surface area contributed by atoms with Crippen LogP contribution in [0.15, 0.2) is 6.33 Å². The van der Waals surface area contributed by atoms with E-state index in [2.05, 4.69) is 15.3 Å². The van der Waals surface area contributed by atoms with Gasteiger partial charge >= 0.3 is 5.69 Å². The fourth-order valence-corrected chi connectivity index (χ4v) is 1.93. The van der Waals surface area contributed by atoms with Gasteiger partial charge in [-0.25, -0.2) is 9.97 Å². The highest BCUT2D eigenvalue weighted by Crippen LogP contribution is 2.31. The zero-order valence-corrected chi connectivity index (χ0v) is 12.4. The number of rotatable bonds is 9. The SMILES string of the molecule is CCN(CCO)c1ncnc(NC(C)COC)c1[N+](=O)[O-]. The average molecular weight is 299 g/mol. The Hall–Kier alpha value is -2.00. The Kier molecular flexibility index (Phi) is 6.76.